The van der Waals surface area contributed by atoms with Gasteiger partial charge in [-0.05, 0) is 30.3 Å². The quantitative estimate of drug-likeness (QED) is 0.506. The first kappa shape index (κ1) is 17.9. The second-order valence-corrected chi connectivity index (χ2v) is 6.01. The van der Waals surface area contributed by atoms with Gasteiger partial charge in [0.15, 0.2) is 11.5 Å². The average Bonchev–Trinajstić information content (AvgIpc) is 3.15. The molecule has 1 N–H and O–H groups in total. The molecule has 4 aromatic rings. The molecule has 0 radical (unpaired) electrons. The van der Waals surface area contributed by atoms with Crippen molar-refractivity contribution in [2.45, 2.75) is 0 Å². The third-order valence-corrected chi connectivity index (χ3v) is 4.21. The number of fused-ring (bicyclic) bond motifs is 2. The Morgan fingerprint density at radius 1 is 0.821 bits per heavy atom. The van der Waals surface area contributed by atoms with Gasteiger partial charge in [-0.2, -0.15) is 0 Å². The van der Waals surface area contributed by atoms with Gasteiger partial charge in [-0.15, -0.1) is 12.4 Å². The smallest absolute Gasteiger partial charge is 0.231 e. The summed E-state index contributed by atoms with van der Waals surface area (Å²) in [5, 5.41) is 4.19. The first-order valence-corrected chi connectivity index (χ1v) is 8.49. The molecule has 6 nitrogen and oxygen atoms in total. The maximum absolute atomic E-state index is 5.90. The van der Waals surface area contributed by atoms with Gasteiger partial charge < -0.3 is 19.5 Å². The van der Waals surface area contributed by atoms with Crippen LogP contribution in [0.5, 0.6) is 23.0 Å². The van der Waals surface area contributed by atoms with Crippen molar-refractivity contribution in [1.29, 1.82) is 0 Å². The summed E-state index contributed by atoms with van der Waals surface area (Å²) >= 11 is 0. The molecule has 1 aliphatic heterocycles. The molecule has 5 rings (SSSR count). The number of halogens is 1. The molecule has 0 amide bonds. The van der Waals surface area contributed by atoms with Gasteiger partial charge in [-0.25, -0.2) is 9.97 Å². The van der Waals surface area contributed by atoms with Gasteiger partial charge in [0.1, 0.15) is 23.6 Å². The Morgan fingerprint density at radius 3 is 2.46 bits per heavy atom. The predicted molar refractivity (Wildman–Crippen MR) is 109 cm³/mol. The fourth-order valence-corrected chi connectivity index (χ4v) is 2.94. The van der Waals surface area contributed by atoms with E-state index >= 15 is 0 Å². The molecule has 2 heterocycles. The van der Waals surface area contributed by atoms with Crippen LogP contribution in [0.15, 0.2) is 73.1 Å². The Kier molecular flexibility index (Phi) is 4.87. The average molecular weight is 394 g/mol. The van der Waals surface area contributed by atoms with Crippen LogP contribution in [0, 0.1) is 0 Å². The lowest BCUT2D eigenvalue weighted by Crippen LogP contribution is -1.96. The van der Waals surface area contributed by atoms with Crippen LogP contribution in [-0.2, 0) is 0 Å². The van der Waals surface area contributed by atoms with E-state index in [4.69, 9.17) is 14.2 Å². The predicted octanol–water partition coefficient (Wildman–Crippen LogP) is 5.32. The molecule has 0 saturated heterocycles. The lowest BCUT2D eigenvalue weighted by Gasteiger charge is -2.11. The zero-order valence-corrected chi connectivity index (χ0v) is 15.5. The number of rotatable bonds is 4. The fourth-order valence-electron chi connectivity index (χ4n) is 2.94. The van der Waals surface area contributed by atoms with Crippen LogP contribution in [0.2, 0.25) is 0 Å². The van der Waals surface area contributed by atoms with Crippen LogP contribution >= 0.6 is 12.4 Å². The molecule has 0 aliphatic carbocycles. The largest absolute Gasteiger partial charge is 0.457 e. The molecule has 0 fully saturated rings. The summed E-state index contributed by atoms with van der Waals surface area (Å²) < 4.78 is 16.8. The molecular formula is C21H16ClN3O3. The summed E-state index contributed by atoms with van der Waals surface area (Å²) in [7, 11) is 0. The number of hydrogen-bond donors (Lipinski definition) is 1. The van der Waals surface area contributed by atoms with E-state index in [0.29, 0.717) is 17.3 Å². The third-order valence-electron chi connectivity index (χ3n) is 4.21. The number of anilines is 2. The first-order chi connectivity index (χ1) is 13.3. The van der Waals surface area contributed by atoms with Crippen LogP contribution in [0.4, 0.5) is 11.5 Å². The molecule has 0 spiro atoms. The normalized spacial score (nSPS) is 11.7. The first-order valence-electron chi connectivity index (χ1n) is 8.49. The minimum atomic E-state index is 0. The van der Waals surface area contributed by atoms with Crippen molar-refractivity contribution in [2.24, 2.45) is 0 Å². The summed E-state index contributed by atoms with van der Waals surface area (Å²) in [6, 6.07) is 21.1. The molecule has 0 atom stereocenters. The lowest BCUT2D eigenvalue weighted by atomic mass is 10.2. The number of ether oxygens (including phenoxy) is 3. The van der Waals surface area contributed by atoms with Gasteiger partial charge in [0, 0.05) is 23.2 Å². The zero-order valence-electron chi connectivity index (χ0n) is 14.7. The van der Waals surface area contributed by atoms with Crippen molar-refractivity contribution in [3.8, 4) is 23.0 Å². The maximum atomic E-state index is 5.90. The highest BCUT2D eigenvalue weighted by Crippen LogP contribution is 2.37. The van der Waals surface area contributed by atoms with Crippen molar-refractivity contribution in [3.05, 3.63) is 73.1 Å². The second-order valence-electron chi connectivity index (χ2n) is 6.01. The minimum absolute atomic E-state index is 0. The molecule has 3 aromatic carbocycles. The highest BCUT2D eigenvalue weighted by atomic mass is 35.5. The number of benzene rings is 3. The molecule has 7 heteroatoms. The van der Waals surface area contributed by atoms with E-state index in [1.807, 2.05) is 66.7 Å². The van der Waals surface area contributed by atoms with Crippen molar-refractivity contribution in [1.82, 2.24) is 9.97 Å². The third kappa shape index (κ3) is 3.50. The fraction of sp³-hybridized carbons (Fsp3) is 0.0476. The van der Waals surface area contributed by atoms with Crippen LogP contribution in [-0.4, -0.2) is 16.8 Å². The lowest BCUT2D eigenvalue weighted by molar-refractivity contribution is 0.174. The molecule has 28 heavy (non-hydrogen) atoms. The molecular weight excluding hydrogens is 378 g/mol. The molecule has 0 saturated carbocycles. The summed E-state index contributed by atoms with van der Waals surface area (Å²) in [5.41, 5.74) is 1.65. The van der Waals surface area contributed by atoms with Crippen LogP contribution in [0.25, 0.3) is 10.9 Å². The van der Waals surface area contributed by atoms with Crippen LogP contribution < -0.4 is 19.5 Å². The van der Waals surface area contributed by atoms with Crippen molar-refractivity contribution in [3.63, 3.8) is 0 Å². The Balaban J connectivity index is 0.00000192. The zero-order chi connectivity index (χ0) is 18.1. The number of nitrogens with zero attached hydrogens (tertiary/aromatic N) is 2. The molecule has 1 aliphatic rings. The Bertz CT molecular complexity index is 1120. The monoisotopic (exact) mass is 393 g/mol. The molecule has 140 valence electrons. The molecule has 1 aromatic heterocycles. The maximum Gasteiger partial charge on any atom is 0.231 e. The van der Waals surface area contributed by atoms with E-state index < -0.39 is 0 Å². The highest BCUT2D eigenvalue weighted by Gasteiger charge is 2.16. The van der Waals surface area contributed by atoms with Gasteiger partial charge in [0.2, 0.25) is 6.79 Å². The highest BCUT2D eigenvalue weighted by molar-refractivity contribution is 5.93. The minimum Gasteiger partial charge on any atom is -0.457 e. The van der Waals surface area contributed by atoms with Crippen LogP contribution in [0.1, 0.15) is 0 Å². The van der Waals surface area contributed by atoms with Crippen molar-refractivity contribution >= 4 is 34.8 Å². The van der Waals surface area contributed by atoms with E-state index in [0.717, 1.165) is 28.1 Å². The Hall–Kier alpha value is -3.51. The second kappa shape index (κ2) is 7.62. The number of aromatic nitrogens is 2. The molecule has 0 bridgehead atoms. The van der Waals surface area contributed by atoms with Crippen molar-refractivity contribution < 1.29 is 14.2 Å². The number of para-hydroxylation sites is 1. The van der Waals surface area contributed by atoms with E-state index in [-0.39, 0.29) is 19.2 Å². The summed E-state index contributed by atoms with van der Waals surface area (Å²) in [6.45, 7) is 0.223. The summed E-state index contributed by atoms with van der Waals surface area (Å²) in [4.78, 5) is 8.70. The number of hydrogen-bond acceptors (Lipinski definition) is 6. The van der Waals surface area contributed by atoms with Gasteiger partial charge in [-0.3, -0.25) is 0 Å². The van der Waals surface area contributed by atoms with E-state index in [2.05, 4.69) is 15.3 Å². The van der Waals surface area contributed by atoms with Gasteiger partial charge in [0.25, 0.3) is 0 Å². The summed E-state index contributed by atoms with van der Waals surface area (Å²) in [6.07, 6.45) is 1.52. The Labute approximate surface area is 167 Å². The number of nitrogens with one attached hydrogen (secondary N) is 1. The van der Waals surface area contributed by atoms with Gasteiger partial charge in [-0.1, -0.05) is 24.3 Å². The van der Waals surface area contributed by atoms with Gasteiger partial charge in [0.05, 0.1) is 5.52 Å². The van der Waals surface area contributed by atoms with E-state index in [1.165, 1.54) is 6.33 Å². The van der Waals surface area contributed by atoms with Crippen LogP contribution in [0.3, 0.4) is 0 Å². The van der Waals surface area contributed by atoms with Gasteiger partial charge >= 0.3 is 0 Å². The van der Waals surface area contributed by atoms with E-state index in [9.17, 15) is 0 Å². The molecule has 0 unspecified atom stereocenters. The summed E-state index contributed by atoms with van der Waals surface area (Å²) in [5.74, 6) is 3.61. The van der Waals surface area contributed by atoms with E-state index in [1.54, 1.807) is 0 Å². The van der Waals surface area contributed by atoms with Crippen molar-refractivity contribution in [2.75, 3.05) is 12.1 Å². The topological polar surface area (TPSA) is 65.5 Å². The standard InChI is InChI=1S/C21H15N3O3.ClH/c1-2-6-15(7-3-1)27-16-8-4-5-14(9-16)24-21-17-10-19-20(26-13-25-19)11-18(17)22-12-23-21;/h1-12H,13H2,(H,22,23,24);1H. The SMILES string of the molecule is Cl.c1ccc(Oc2cccc(Nc3ncnc4cc5c(cc34)OCO5)c2)cc1. The Morgan fingerprint density at radius 2 is 1.61 bits per heavy atom.